The third-order valence-corrected chi connectivity index (χ3v) is 2.83. The minimum Gasteiger partial charge on any atom is -0.447 e. The summed E-state index contributed by atoms with van der Waals surface area (Å²) in [6, 6.07) is 10.7. The fraction of sp³-hybridized carbons (Fsp3) is 0.154. The second-order valence-electron chi connectivity index (χ2n) is 3.94. The topological polar surface area (TPSA) is 59.4 Å². The van der Waals surface area contributed by atoms with Crippen molar-refractivity contribution in [2.24, 2.45) is 0 Å². The second kappa shape index (κ2) is 4.48. The highest BCUT2D eigenvalue weighted by Crippen LogP contribution is 2.24. The van der Waals surface area contributed by atoms with Crippen molar-refractivity contribution in [3.05, 3.63) is 53.3 Å². The van der Waals surface area contributed by atoms with Gasteiger partial charge in [-0.3, -0.25) is 0 Å². The van der Waals surface area contributed by atoms with E-state index in [1.165, 1.54) is 0 Å². The number of hydrogen-bond acceptors (Lipinski definition) is 4. The van der Waals surface area contributed by atoms with Crippen LogP contribution in [-0.4, -0.2) is 10.1 Å². The zero-order valence-corrected chi connectivity index (χ0v) is 10.1. The van der Waals surface area contributed by atoms with E-state index >= 15 is 0 Å². The standard InChI is InChI=1S/C13H10ClNO3/c14-12-6-5-11(17-12)9(16)7-13-15-8-3-1-2-4-10(8)18-13/h1-6,9,16H,7H2. The predicted molar refractivity (Wildman–Crippen MR) is 66.4 cm³/mol. The summed E-state index contributed by atoms with van der Waals surface area (Å²) in [4.78, 5) is 4.28. The molecule has 2 aromatic heterocycles. The van der Waals surface area contributed by atoms with Crippen molar-refractivity contribution in [1.82, 2.24) is 4.98 Å². The Kier molecular flexibility index (Phi) is 2.81. The normalized spacial score (nSPS) is 13.0. The molecule has 4 nitrogen and oxygen atoms in total. The van der Waals surface area contributed by atoms with E-state index in [-0.39, 0.29) is 11.6 Å². The van der Waals surface area contributed by atoms with Gasteiger partial charge in [-0.25, -0.2) is 4.98 Å². The van der Waals surface area contributed by atoms with Crippen molar-refractivity contribution < 1.29 is 13.9 Å². The van der Waals surface area contributed by atoms with E-state index < -0.39 is 6.10 Å². The number of aliphatic hydroxyl groups is 1. The molecular weight excluding hydrogens is 254 g/mol. The number of benzene rings is 1. The van der Waals surface area contributed by atoms with Crippen LogP contribution in [0.25, 0.3) is 11.1 Å². The van der Waals surface area contributed by atoms with Crippen molar-refractivity contribution >= 4 is 22.7 Å². The molecule has 0 aliphatic carbocycles. The van der Waals surface area contributed by atoms with Gasteiger partial charge in [-0.1, -0.05) is 12.1 Å². The lowest BCUT2D eigenvalue weighted by Crippen LogP contribution is -2.00. The molecule has 0 amide bonds. The summed E-state index contributed by atoms with van der Waals surface area (Å²) in [7, 11) is 0. The molecule has 18 heavy (non-hydrogen) atoms. The molecule has 1 unspecified atom stereocenters. The number of rotatable bonds is 3. The first-order valence-electron chi connectivity index (χ1n) is 5.50. The number of halogens is 1. The van der Waals surface area contributed by atoms with E-state index in [2.05, 4.69) is 4.98 Å². The van der Waals surface area contributed by atoms with Crippen molar-refractivity contribution in [1.29, 1.82) is 0 Å². The Hall–Kier alpha value is -1.78. The molecule has 1 atom stereocenters. The van der Waals surface area contributed by atoms with Crippen molar-refractivity contribution in [3.8, 4) is 0 Å². The lowest BCUT2D eigenvalue weighted by molar-refractivity contribution is 0.142. The third-order valence-electron chi connectivity index (χ3n) is 2.63. The lowest BCUT2D eigenvalue weighted by Gasteiger charge is -2.03. The Labute approximate surface area is 108 Å². The third kappa shape index (κ3) is 2.12. The SMILES string of the molecule is OC(Cc1nc2ccccc2o1)c1ccc(Cl)o1. The predicted octanol–water partition coefficient (Wildman–Crippen LogP) is 3.35. The van der Waals surface area contributed by atoms with Crippen LogP contribution in [0.3, 0.4) is 0 Å². The van der Waals surface area contributed by atoms with Gasteiger partial charge in [0.2, 0.25) is 0 Å². The summed E-state index contributed by atoms with van der Waals surface area (Å²) in [5.74, 6) is 0.874. The maximum atomic E-state index is 9.96. The monoisotopic (exact) mass is 263 g/mol. The highest BCUT2D eigenvalue weighted by atomic mass is 35.5. The van der Waals surface area contributed by atoms with Gasteiger partial charge in [-0.15, -0.1) is 0 Å². The van der Waals surface area contributed by atoms with Gasteiger partial charge in [0.25, 0.3) is 0 Å². The minimum absolute atomic E-state index is 0.249. The first kappa shape index (κ1) is 11.3. The molecule has 3 aromatic rings. The molecule has 1 aromatic carbocycles. The van der Waals surface area contributed by atoms with E-state index in [4.69, 9.17) is 20.4 Å². The number of para-hydroxylation sites is 2. The van der Waals surface area contributed by atoms with Gasteiger partial charge in [0, 0.05) is 0 Å². The highest BCUT2D eigenvalue weighted by Gasteiger charge is 2.16. The smallest absolute Gasteiger partial charge is 0.198 e. The average molecular weight is 264 g/mol. The van der Waals surface area contributed by atoms with Gasteiger partial charge in [-0.2, -0.15) is 0 Å². The number of hydrogen-bond donors (Lipinski definition) is 1. The fourth-order valence-electron chi connectivity index (χ4n) is 1.78. The molecular formula is C13H10ClNO3. The van der Waals surface area contributed by atoms with Crippen LogP contribution >= 0.6 is 11.6 Å². The van der Waals surface area contributed by atoms with Crippen molar-refractivity contribution in [3.63, 3.8) is 0 Å². The molecule has 0 aliphatic rings. The molecule has 0 radical (unpaired) electrons. The molecule has 0 aliphatic heterocycles. The molecule has 3 rings (SSSR count). The van der Waals surface area contributed by atoms with E-state index in [1.807, 2.05) is 24.3 Å². The number of furan rings is 1. The summed E-state index contributed by atoms with van der Waals surface area (Å²) in [5, 5.41) is 10.2. The van der Waals surface area contributed by atoms with E-state index in [0.717, 1.165) is 5.52 Å². The summed E-state index contributed by atoms with van der Waals surface area (Å²) in [6.07, 6.45) is -0.566. The summed E-state index contributed by atoms with van der Waals surface area (Å²) in [6.45, 7) is 0. The Morgan fingerprint density at radius 2 is 2.00 bits per heavy atom. The molecule has 0 saturated carbocycles. The summed E-state index contributed by atoms with van der Waals surface area (Å²) >= 11 is 5.65. The molecule has 0 saturated heterocycles. The van der Waals surface area contributed by atoms with Crippen LogP contribution in [0.1, 0.15) is 17.8 Å². The van der Waals surface area contributed by atoms with Gasteiger partial charge < -0.3 is 13.9 Å². The van der Waals surface area contributed by atoms with Crippen molar-refractivity contribution in [2.75, 3.05) is 0 Å². The number of fused-ring (bicyclic) bond motifs is 1. The summed E-state index contributed by atoms with van der Waals surface area (Å²) < 4.78 is 10.7. The minimum atomic E-state index is -0.814. The van der Waals surface area contributed by atoms with E-state index in [9.17, 15) is 5.11 Å². The Morgan fingerprint density at radius 3 is 2.72 bits per heavy atom. The van der Waals surface area contributed by atoms with E-state index in [0.29, 0.717) is 17.2 Å². The van der Waals surface area contributed by atoms with Crippen LogP contribution in [0.2, 0.25) is 5.22 Å². The summed E-state index contributed by atoms with van der Waals surface area (Å²) in [5.41, 5.74) is 1.48. The van der Waals surface area contributed by atoms with Crippen molar-refractivity contribution in [2.45, 2.75) is 12.5 Å². The second-order valence-corrected chi connectivity index (χ2v) is 4.31. The zero-order chi connectivity index (χ0) is 12.5. The van der Waals surface area contributed by atoms with Crippen LogP contribution < -0.4 is 0 Å². The van der Waals surface area contributed by atoms with Crippen LogP contribution in [0.15, 0.2) is 45.2 Å². The Morgan fingerprint density at radius 1 is 1.17 bits per heavy atom. The largest absolute Gasteiger partial charge is 0.447 e. The van der Waals surface area contributed by atoms with Gasteiger partial charge in [0.15, 0.2) is 16.7 Å². The molecule has 2 heterocycles. The van der Waals surface area contributed by atoms with Gasteiger partial charge in [0.1, 0.15) is 17.4 Å². The zero-order valence-electron chi connectivity index (χ0n) is 9.34. The quantitative estimate of drug-likeness (QED) is 0.787. The first-order chi connectivity index (χ1) is 8.72. The maximum absolute atomic E-state index is 9.96. The molecule has 0 spiro atoms. The number of aromatic nitrogens is 1. The molecule has 1 N–H and O–H groups in total. The van der Waals surface area contributed by atoms with Gasteiger partial charge in [-0.05, 0) is 35.9 Å². The van der Waals surface area contributed by atoms with E-state index in [1.54, 1.807) is 12.1 Å². The van der Waals surface area contributed by atoms with Crippen LogP contribution in [0, 0.1) is 0 Å². The number of oxazole rings is 1. The van der Waals surface area contributed by atoms with Gasteiger partial charge in [0.05, 0.1) is 6.42 Å². The molecule has 0 bridgehead atoms. The Bertz CT molecular complexity index is 640. The first-order valence-corrected chi connectivity index (χ1v) is 5.88. The van der Waals surface area contributed by atoms with Crippen LogP contribution in [0.5, 0.6) is 0 Å². The van der Waals surface area contributed by atoms with Crippen LogP contribution in [0.4, 0.5) is 0 Å². The van der Waals surface area contributed by atoms with Crippen LogP contribution in [-0.2, 0) is 6.42 Å². The number of aliphatic hydroxyl groups excluding tert-OH is 1. The molecule has 92 valence electrons. The average Bonchev–Trinajstić information content (AvgIpc) is 2.94. The molecule has 0 fully saturated rings. The maximum Gasteiger partial charge on any atom is 0.198 e. The lowest BCUT2D eigenvalue weighted by atomic mass is 10.2. The number of nitrogens with zero attached hydrogens (tertiary/aromatic N) is 1. The highest BCUT2D eigenvalue weighted by molar-refractivity contribution is 6.28. The van der Waals surface area contributed by atoms with Gasteiger partial charge >= 0.3 is 0 Å². The fourth-order valence-corrected chi connectivity index (χ4v) is 1.93. The molecule has 5 heteroatoms. The Balaban J connectivity index is 1.83.